The first-order valence-electron chi connectivity index (χ1n) is 5.70. The molecule has 0 spiro atoms. The lowest BCUT2D eigenvalue weighted by Crippen LogP contribution is -2.02. The predicted molar refractivity (Wildman–Crippen MR) is 71.9 cm³/mol. The van der Waals surface area contributed by atoms with Crippen molar-refractivity contribution in [1.82, 2.24) is 10.2 Å². The Morgan fingerprint density at radius 2 is 1.95 bits per heavy atom. The molecule has 0 radical (unpaired) electrons. The summed E-state index contributed by atoms with van der Waals surface area (Å²) in [7, 11) is 1.34. The molecule has 0 amide bonds. The Morgan fingerprint density at radius 3 is 2.58 bits per heavy atom. The van der Waals surface area contributed by atoms with Gasteiger partial charge in [0.1, 0.15) is 5.75 Å². The molecule has 1 aromatic heterocycles. The summed E-state index contributed by atoms with van der Waals surface area (Å²) < 4.78 is 10.1. The highest BCUT2D eigenvalue weighted by Crippen LogP contribution is 2.24. The van der Waals surface area contributed by atoms with E-state index in [4.69, 9.17) is 4.42 Å². The van der Waals surface area contributed by atoms with E-state index in [9.17, 15) is 4.79 Å². The molecule has 19 heavy (non-hydrogen) atoms. The molecule has 0 bridgehead atoms. The molecule has 1 aromatic carbocycles. The van der Waals surface area contributed by atoms with Crippen molar-refractivity contribution in [2.24, 2.45) is 0 Å². The Labute approximate surface area is 115 Å². The largest absolute Gasteiger partial charge is 0.468 e. The summed E-state index contributed by atoms with van der Waals surface area (Å²) in [5, 5.41) is 8.24. The summed E-state index contributed by atoms with van der Waals surface area (Å²) in [5.41, 5.74) is 3.16. The Hall–Kier alpha value is -1.82. The quantitative estimate of drug-likeness (QED) is 0.632. The number of aryl methyl sites for hydroxylation is 2. The summed E-state index contributed by atoms with van der Waals surface area (Å²) in [5.74, 6) is 0.292. The van der Waals surface area contributed by atoms with Crippen molar-refractivity contribution >= 4 is 17.7 Å². The van der Waals surface area contributed by atoms with Gasteiger partial charge in [-0.3, -0.25) is 4.79 Å². The normalized spacial score (nSPS) is 10.5. The first-order valence-corrected chi connectivity index (χ1v) is 6.69. The number of hydrogen-bond donors (Lipinski definition) is 0. The molecule has 2 aromatic rings. The van der Waals surface area contributed by atoms with E-state index in [0.717, 1.165) is 28.5 Å². The van der Waals surface area contributed by atoms with E-state index in [1.54, 1.807) is 0 Å². The van der Waals surface area contributed by atoms with Gasteiger partial charge in [-0.15, -0.1) is 10.2 Å². The van der Waals surface area contributed by atoms with Crippen LogP contribution < -0.4 is 0 Å². The van der Waals surface area contributed by atoms with E-state index >= 15 is 0 Å². The zero-order valence-electron chi connectivity index (χ0n) is 11.0. The van der Waals surface area contributed by atoms with Gasteiger partial charge in [-0.1, -0.05) is 29.0 Å². The fraction of sp³-hybridized carbons (Fsp3) is 0.308. The van der Waals surface area contributed by atoms with Crippen LogP contribution in [0.25, 0.3) is 11.5 Å². The molecule has 0 saturated carbocycles. The highest BCUT2D eigenvalue weighted by molar-refractivity contribution is 7.99. The summed E-state index contributed by atoms with van der Waals surface area (Å²) in [6.07, 6.45) is 0. The van der Waals surface area contributed by atoms with E-state index in [0.29, 0.717) is 11.1 Å². The van der Waals surface area contributed by atoms with Gasteiger partial charge in [0.2, 0.25) is 5.89 Å². The third kappa shape index (κ3) is 3.57. The molecule has 0 N–H and O–H groups in total. The topological polar surface area (TPSA) is 65.2 Å². The summed E-state index contributed by atoms with van der Waals surface area (Å²) in [6, 6.07) is 6.04. The Morgan fingerprint density at radius 1 is 1.26 bits per heavy atom. The van der Waals surface area contributed by atoms with Gasteiger partial charge in [0.25, 0.3) is 5.22 Å². The molecule has 0 aliphatic heterocycles. The lowest BCUT2D eigenvalue weighted by atomic mass is 10.1. The Balaban J connectivity index is 2.14. The number of thioether (sulfide) groups is 1. The molecule has 2 rings (SSSR count). The second-order valence-corrected chi connectivity index (χ2v) is 5.04. The molecule has 100 valence electrons. The standard InChI is InChI=1S/C13H14N2O3S/c1-8-4-9(2)6-10(5-8)12-14-15-13(18-12)19-7-11(16)17-3/h4-6H,7H2,1-3H3. The fourth-order valence-electron chi connectivity index (χ4n) is 1.66. The SMILES string of the molecule is COC(=O)CSc1nnc(-c2cc(C)cc(C)c2)o1. The first kappa shape index (κ1) is 13.6. The number of hydrogen-bond acceptors (Lipinski definition) is 6. The number of aromatic nitrogens is 2. The molecule has 0 atom stereocenters. The van der Waals surface area contributed by atoms with Crippen LogP contribution in [0, 0.1) is 13.8 Å². The minimum absolute atomic E-state index is 0.158. The number of nitrogens with zero attached hydrogens (tertiary/aromatic N) is 2. The minimum Gasteiger partial charge on any atom is -0.468 e. The Kier molecular flexibility index (Phi) is 4.21. The number of ether oxygens (including phenoxy) is 1. The van der Waals surface area contributed by atoms with Gasteiger partial charge in [0.05, 0.1) is 7.11 Å². The summed E-state index contributed by atoms with van der Waals surface area (Å²) >= 11 is 1.16. The smallest absolute Gasteiger partial charge is 0.316 e. The number of carbonyl (C=O) groups excluding carboxylic acids is 1. The van der Waals surface area contributed by atoms with Crippen molar-refractivity contribution in [2.75, 3.05) is 12.9 Å². The molecular formula is C13H14N2O3S. The highest BCUT2D eigenvalue weighted by Gasteiger charge is 2.11. The lowest BCUT2D eigenvalue weighted by molar-refractivity contribution is -0.137. The average molecular weight is 278 g/mol. The zero-order chi connectivity index (χ0) is 13.8. The van der Waals surface area contributed by atoms with Crippen molar-refractivity contribution in [3.8, 4) is 11.5 Å². The van der Waals surface area contributed by atoms with Crippen molar-refractivity contribution in [3.63, 3.8) is 0 Å². The van der Waals surface area contributed by atoms with Gasteiger partial charge >= 0.3 is 5.97 Å². The van der Waals surface area contributed by atoms with Crippen molar-refractivity contribution < 1.29 is 13.9 Å². The van der Waals surface area contributed by atoms with E-state index in [-0.39, 0.29) is 11.7 Å². The minimum atomic E-state index is -0.323. The third-order valence-corrected chi connectivity index (χ3v) is 3.21. The van der Waals surface area contributed by atoms with Crippen molar-refractivity contribution in [2.45, 2.75) is 19.1 Å². The number of methoxy groups -OCH3 is 1. The van der Waals surface area contributed by atoms with E-state index < -0.39 is 0 Å². The van der Waals surface area contributed by atoms with Crippen LogP contribution in [0.2, 0.25) is 0 Å². The van der Waals surface area contributed by atoms with E-state index in [1.807, 2.05) is 26.0 Å². The van der Waals surface area contributed by atoms with Crippen LogP contribution >= 0.6 is 11.8 Å². The third-order valence-electron chi connectivity index (χ3n) is 2.42. The number of esters is 1. The van der Waals surface area contributed by atoms with E-state index in [1.165, 1.54) is 7.11 Å². The molecule has 5 nitrogen and oxygen atoms in total. The van der Waals surface area contributed by atoms with Crippen LogP contribution in [0.3, 0.4) is 0 Å². The van der Waals surface area contributed by atoms with Gasteiger partial charge < -0.3 is 9.15 Å². The van der Waals surface area contributed by atoms with Gasteiger partial charge in [0, 0.05) is 5.56 Å². The maximum atomic E-state index is 11.0. The van der Waals surface area contributed by atoms with Gasteiger partial charge in [-0.25, -0.2) is 0 Å². The van der Waals surface area contributed by atoms with Crippen LogP contribution in [0.15, 0.2) is 27.8 Å². The first-order chi connectivity index (χ1) is 9.08. The Bertz CT molecular complexity index is 575. The number of rotatable bonds is 4. The molecule has 0 aliphatic carbocycles. The molecule has 0 saturated heterocycles. The number of benzene rings is 1. The summed E-state index contributed by atoms with van der Waals surface area (Å²) in [4.78, 5) is 11.0. The summed E-state index contributed by atoms with van der Waals surface area (Å²) in [6.45, 7) is 4.03. The molecule has 0 fully saturated rings. The van der Waals surface area contributed by atoms with Gasteiger partial charge in [-0.2, -0.15) is 0 Å². The fourth-order valence-corrected chi connectivity index (χ4v) is 2.26. The van der Waals surface area contributed by atoms with Crippen LogP contribution in [-0.4, -0.2) is 29.0 Å². The highest BCUT2D eigenvalue weighted by atomic mass is 32.2. The maximum absolute atomic E-state index is 11.0. The monoisotopic (exact) mass is 278 g/mol. The van der Waals surface area contributed by atoms with Crippen LogP contribution in [0.4, 0.5) is 0 Å². The van der Waals surface area contributed by atoms with Crippen LogP contribution in [0.1, 0.15) is 11.1 Å². The molecule has 6 heteroatoms. The van der Waals surface area contributed by atoms with Gasteiger partial charge in [0.15, 0.2) is 0 Å². The van der Waals surface area contributed by atoms with Crippen molar-refractivity contribution in [1.29, 1.82) is 0 Å². The molecule has 0 unspecified atom stereocenters. The molecular weight excluding hydrogens is 264 g/mol. The number of carbonyl (C=O) groups is 1. The zero-order valence-corrected chi connectivity index (χ0v) is 11.8. The molecule has 0 aliphatic rings. The van der Waals surface area contributed by atoms with Crippen LogP contribution in [0.5, 0.6) is 0 Å². The second-order valence-electron chi connectivity index (χ2n) is 4.11. The van der Waals surface area contributed by atoms with Crippen LogP contribution in [-0.2, 0) is 9.53 Å². The molecule has 1 heterocycles. The second kappa shape index (κ2) is 5.88. The van der Waals surface area contributed by atoms with Crippen molar-refractivity contribution in [3.05, 3.63) is 29.3 Å². The average Bonchev–Trinajstić information content (AvgIpc) is 2.83. The van der Waals surface area contributed by atoms with Gasteiger partial charge in [-0.05, 0) is 26.0 Å². The van der Waals surface area contributed by atoms with E-state index in [2.05, 4.69) is 21.0 Å². The lowest BCUT2D eigenvalue weighted by Gasteiger charge is -2.00. The predicted octanol–water partition coefficient (Wildman–Crippen LogP) is 2.62. The maximum Gasteiger partial charge on any atom is 0.316 e.